The molecule has 0 atom stereocenters. The lowest BCUT2D eigenvalue weighted by Crippen LogP contribution is -2.25. The molecule has 0 spiro atoms. The molecule has 1 saturated carbocycles. The summed E-state index contributed by atoms with van der Waals surface area (Å²) < 4.78 is 0. The van der Waals surface area contributed by atoms with Crippen LogP contribution in [0.15, 0.2) is 18.2 Å². The maximum atomic E-state index is 11.7. The molecule has 2 rings (SSSR count). The number of hydrogen-bond acceptors (Lipinski definition) is 2. The third-order valence-electron chi connectivity index (χ3n) is 3.34. The number of nitrogens with one attached hydrogen (secondary N) is 1. The Labute approximate surface area is 103 Å². The predicted octanol–water partition coefficient (Wildman–Crippen LogP) is 2.56. The van der Waals surface area contributed by atoms with Crippen LogP contribution in [0.3, 0.4) is 0 Å². The highest BCUT2D eigenvalue weighted by Gasteiger charge is 2.20. The van der Waals surface area contributed by atoms with Gasteiger partial charge in [-0.05, 0) is 44.2 Å². The van der Waals surface area contributed by atoms with E-state index in [0.717, 1.165) is 6.42 Å². The van der Waals surface area contributed by atoms with Gasteiger partial charge in [-0.15, -0.1) is 0 Å². The number of rotatable bonds is 6. The Hall–Kier alpha value is -1.15. The maximum Gasteiger partial charge on any atom is 0.146 e. The highest BCUT2D eigenvalue weighted by atomic mass is 16.1. The van der Waals surface area contributed by atoms with Gasteiger partial charge in [0.05, 0.1) is 6.54 Å². The summed E-state index contributed by atoms with van der Waals surface area (Å²) in [6, 6.07) is 7.07. The highest BCUT2D eigenvalue weighted by molar-refractivity contribution is 5.80. The Balaban J connectivity index is 1.77. The molecule has 1 aliphatic carbocycles. The second-order valence-electron chi connectivity index (χ2n) is 5.12. The molecule has 1 N–H and O–H groups in total. The van der Waals surface area contributed by atoms with Gasteiger partial charge in [0.1, 0.15) is 5.78 Å². The molecule has 2 nitrogen and oxygen atoms in total. The number of Topliss-reactive ketones (excluding diaryl/α,β-unsaturated/α-hetero) is 1. The van der Waals surface area contributed by atoms with E-state index in [1.54, 1.807) is 0 Å². The zero-order chi connectivity index (χ0) is 12.3. The molecule has 0 saturated heterocycles. The van der Waals surface area contributed by atoms with Crippen LogP contribution in [0.25, 0.3) is 0 Å². The van der Waals surface area contributed by atoms with Gasteiger partial charge < -0.3 is 5.32 Å². The van der Waals surface area contributed by atoms with Crippen molar-refractivity contribution < 1.29 is 4.79 Å². The van der Waals surface area contributed by atoms with Gasteiger partial charge in [-0.3, -0.25) is 4.79 Å². The number of carbonyl (C=O) groups excluding carboxylic acids is 1. The van der Waals surface area contributed by atoms with Crippen LogP contribution < -0.4 is 5.32 Å². The molecule has 1 aliphatic rings. The highest BCUT2D eigenvalue weighted by Crippen LogP contribution is 2.18. The van der Waals surface area contributed by atoms with Crippen molar-refractivity contribution in [1.29, 1.82) is 0 Å². The van der Waals surface area contributed by atoms with Gasteiger partial charge in [-0.1, -0.05) is 23.8 Å². The van der Waals surface area contributed by atoms with Crippen molar-refractivity contribution in [2.75, 3.05) is 6.54 Å². The number of aryl methyl sites for hydroxylation is 3. The first-order chi connectivity index (χ1) is 8.15. The quantitative estimate of drug-likeness (QED) is 0.815. The van der Waals surface area contributed by atoms with Gasteiger partial charge in [-0.2, -0.15) is 0 Å². The lowest BCUT2D eigenvalue weighted by Gasteiger charge is -2.07. The van der Waals surface area contributed by atoms with Crippen molar-refractivity contribution in [3.8, 4) is 0 Å². The monoisotopic (exact) mass is 231 g/mol. The normalized spacial score (nSPS) is 14.9. The van der Waals surface area contributed by atoms with E-state index in [2.05, 4.69) is 37.4 Å². The van der Waals surface area contributed by atoms with Gasteiger partial charge in [-0.25, -0.2) is 0 Å². The molecule has 0 bridgehead atoms. The number of ketones is 1. The lowest BCUT2D eigenvalue weighted by atomic mass is 10.0. The van der Waals surface area contributed by atoms with Crippen LogP contribution in [-0.2, 0) is 11.2 Å². The second-order valence-corrected chi connectivity index (χ2v) is 5.12. The fourth-order valence-electron chi connectivity index (χ4n) is 2.03. The van der Waals surface area contributed by atoms with Crippen LogP contribution in [0.1, 0.15) is 36.0 Å². The van der Waals surface area contributed by atoms with Gasteiger partial charge in [0.2, 0.25) is 0 Å². The third kappa shape index (κ3) is 3.97. The van der Waals surface area contributed by atoms with Gasteiger partial charge in [0.25, 0.3) is 0 Å². The fourth-order valence-corrected chi connectivity index (χ4v) is 2.03. The molecule has 0 unspecified atom stereocenters. The summed E-state index contributed by atoms with van der Waals surface area (Å²) in [6.45, 7) is 4.77. The minimum atomic E-state index is 0.330. The van der Waals surface area contributed by atoms with Crippen LogP contribution in [0.4, 0.5) is 0 Å². The van der Waals surface area contributed by atoms with E-state index in [4.69, 9.17) is 0 Å². The summed E-state index contributed by atoms with van der Waals surface area (Å²) in [5.41, 5.74) is 3.89. The summed E-state index contributed by atoms with van der Waals surface area (Å²) in [5, 5.41) is 3.27. The minimum Gasteiger partial charge on any atom is -0.307 e. The van der Waals surface area contributed by atoms with Crippen LogP contribution in [-0.4, -0.2) is 18.4 Å². The van der Waals surface area contributed by atoms with Crippen LogP contribution in [0.5, 0.6) is 0 Å². The average Bonchev–Trinajstić information content (AvgIpc) is 3.09. The Morgan fingerprint density at radius 2 is 2.12 bits per heavy atom. The second kappa shape index (κ2) is 5.46. The van der Waals surface area contributed by atoms with E-state index in [9.17, 15) is 4.79 Å². The third-order valence-corrected chi connectivity index (χ3v) is 3.34. The standard InChI is InChI=1S/C15H21NO/c1-11-3-4-13(12(2)9-11)5-8-15(17)10-16-14-6-7-14/h3-4,9,14,16H,5-8,10H2,1-2H3. The van der Waals surface area contributed by atoms with Crippen LogP contribution in [0, 0.1) is 13.8 Å². The van der Waals surface area contributed by atoms with E-state index in [0.29, 0.717) is 24.8 Å². The maximum absolute atomic E-state index is 11.7. The van der Waals surface area contributed by atoms with Crippen molar-refractivity contribution >= 4 is 5.78 Å². The molecule has 0 amide bonds. The fraction of sp³-hybridized carbons (Fsp3) is 0.533. The molecule has 1 fully saturated rings. The zero-order valence-electron chi connectivity index (χ0n) is 10.8. The molecular weight excluding hydrogens is 210 g/mol. The molecule has 1 aromatic rings. The van der Waals surface area contributed by atoms with Crippen molar-refractivity contribution in [2.45, 2.75) is 45.6 Å². The van der Waals surface area contributed by atoms with E-state index >= 15 is 0 Å². The average molecular weight is 231 g/mol. The van der Waals surface area contributed by atoms with Crippen LogP contribution in [0.2, 0.25) is 0 Å². The van der Waals surface area contributed by atoms with E-state index in [-0.39, 0.29) is 0 Å². The summed E-state index contributed by atoms with van der Waals surface area (Å²) in [6.07, 6.45) is 4.01. The molecule has 0 aromatic heterocycles. The van der Waals surface area contributed by atoms with Crippen molar-refractivity contribution in [3.63, 3.8) is 0 Å². The molecule has 92 valence electrons. The van der Waals surface area contributed by atoms with Gasteiger partial charge >= 0.3 is 0 Å². The first-order valence-electron chi connectivity index (χ1n) is 6.46. The molecule has 0 heterocycles. The molecule has 1 aromatic carbocycles. The van der Waals surface area contributed by atoms with Crippen molar-refractivity contribution in [2.24, 2.45) is 0 Å². The van der Waals surface area contributed by atoms with Gasteiger partial charge in [0, 0.05) is 12.5 Å². The van der Waals surface area contributed by atoms with Crippen molar-refractivity contribution in [3.05, 3.63) is 34.9 Å². The Morgan fingerprint density at radius 3 is 2.76 bits per heavy atom. The number of carbonyl (C=O) groups is 1. The molecule has 0 aliphatic heterocycles. The summed E-state index contributed by atoms with van der Waals surface area (Å²) in [7, 11) is 0. The first kappa shape index (κ1) is 12.3. The molecule has 17 heavy (non-hydrogen) atoms. The Bertz CT molecular complexity index is 407. The van der Waals surface area contributed by atoms with E-state index in [1.165, 1.54) is 29.5 Å². The SMILES string of the molecule is Cc1ccc(CCC(=O)CNC2CC2)c(C)c1. The topological polar surface area (TPSA) is 29.1 Å². The lowest BCUT2D eigenvalue weighted by molar-refractivity contribution is -0.118. The predicted molar refractivity (Wildman–Crippen MR) is 70.3 cm³/mol. The van der Waals surface area contributed by atoms with Gasteiger partial charge in [0.15, 0.2) is 0 Å². The largest absolute Gasteiger partial charge is 0.307 e. The Kier molecular flexibility index (Phi) is 3.95. The molecular formula is C15H21NO. The van der Waals surface area contributed by atoms with Crippen LogP contribution >= 0.6 is 0 Å². The Morgan fingerprint density at radius 1 is 1.35 bits per heavy atom. The molecule has 0 radical (unpaired) electrons. The summed E-state index contributed by atoms with van der Waals surface area (Å²) >= 11 is 0. The smallest absolute Gasteiger partial charge is 0.146 e. The first-order valence-corrected chi connectivity index (χ1v) is 6.46. The van der Waals surface area contributed by atoms with Crippen molar-refractivity contribution in [1.82, 2.24) is 5.32 Å². The van der Waals surface area contributed by atoms with E-state index in [1.807, 2.05) is 0 Å². The number of hydrogen-bond donors (Lipinski definition) is 1. The summed E-state index contributed by atoms with van der Waals surface area (Å²) in [5.74, 6) is 0.330. The zero-order valence-corrected chi connectivity index (χ0v) is 10.8. The minimum absolute atomic E-state index is 0.330. The summed E-state index contributed by atoms with van der Waals surface area (Å²) in [4.78, 5) is 11.7. The number of benzene rings is 1. The molecule has 2 heteroatoms. The van der Waals surface area contributed by atoms with E-state index < -0.39 is 0 Å².